The van der Waals surface area contributed by atoms with Crippen molar-refractivity contribution in [2.45, 2.75) is 13.0 Å². The maximum atomic E-state index is 12.3. The fourth-order valence-electron chi connectivity index (χ4n) is 2.11. The molecule has 0 aliphatic heterocycles. The van der Waals surface area contributed by atoms with Crippen molar-refractivity contribution in [3.63, 3.8) is 0 Å². The number of rotatable bonds is 5. The lowest BCUT2D eigenvalue weighted by atomic mass is 10.1. The number of hydrogen-bond donors (Lipinski definition) is 1. The second-order valence-corrected chi connectivity index (χ2v) is 5.03. The van der Waals surface area contributed by atoms with Gasteiger partial charge in [0.2, 0.25) is 0 Å². The first-order valence-corrected chi connectivity index (χ1v) is 7.17. The Morgan fingerprint density at radius 3 is 2.39 bits per heavy atom. The predicted octanol–water partition coefficient (Wildman–Crippen LogP) is 3.43. The molecule has 0 aromatic heterocycles. The van der Waals surface area contributed by atoms with E-state index in [4.69, 9.17) is 4.74 Å². The largest absolute Gasteiger partial charge is 0.465 e. The summed E-state index contributed by atoms with van der Waals surface area (Å²) in [5.74, 6) is -0.770. The van der Waals surface area contributed by atoms with Crippen molar-refractivity contribution in [1.82, 2.24) is 0 Å². The minimum absolute atomic E-state index is 0.0606. The zero-order valence-corrected chi connectivity index (χ0v) is 13.3. The highest BCUT2D eigenvalue weighted by atomic mass is 16.5. The summed E-state index contributed by atoms with van der Waals surface area (Å²) < 4.78 is 9.93. The highest BCUT2D eigenvalue weighted by Gasteiger charge is 2.11. The molecule has 0 unspecified atom stereocenters. The Morgan fingerprint density at radius 1 is 1.00 bits per heavy atom. The first kappa shape index (κ1) is 16.7. The van der Waals surface area contributed by atoms with Gasteiger partial charge in [0.1, 0.15) is 0 Å². The normalized spacial score (nSPS) is 11.6. The van der Waals surface area contributed by atoms with E-state index in [0.717, 1.165) is 5.56 Å². The number of benzene rings is 2. The van der Waals surface area contributed by atoms with Crippen LogP contribution < -0.4 is 5.32 Å². The van der Waals surface area contributed by atoms with Crippen LogP contribution in [0.1, 0.15) is 39.3 Å². The molecule has 0 fully saturated rings. The summed E-state index contributed by atoms with van der Waals surface area (Å²) in [6.07, 6.45) is -0.0606. The Morgan fingerprint density at radius 2 is 1.70 bits per heavy atom. The molecule has 2 aromatic rings. The van der Waals surface area contributed by atoms with Crippen LogP contribution in [0.5, 0.6) is 0 Å². The van der Waals surface area contributed by atoms with E-state index in [1.807, 2.05) is 25.1 Å². The van der Waals surface area contributed by atoms with Crippen LogP contribution in [-0.2, 0) is 9.47 Å². The first-order chi connectivity index (χ1) is 11.0. The smallest absolute Gasteiger partial charge is 0.337 e. The van der Waals surface area contributed by atoms with Gasteiger partial charge in [-0.15, -0.1) is 0 Å². The third-order valence-electron chi connectivity index (χ3n) is 3.51. The number of esters is 1. The van der Waals surface area contributed by atoms with Crippen LogP contribution in [0.4, 0.5) is 5.69 Å². The molecule has 1 N–H and O–H groups in total. The highest BCUT2D eigenvalue weighted by molar-refractivity contribution is 6.05. The monoisotopic (exact) mass is 313 g/mol. The van der Waals surface area contributed by atoms with Crippen molar-refractivity contribution < 1.29 is 19.1 Å². The van der Waals surface area contributed by atoms with Crippen LogP contribution in [0.3, 0.4) is 0 Å². The fraction of sp³-hybridized carbons (Fsp3) is 0.222. The van der Waals surface area contributed by atoms with E-state index >= 15 is 0 Å². The fourth-order valence-corrected chi connectivity index (χ4v) is 2.11. The van der Waals surface area contributed by atoms with E-state index < -0.39 is 5.97 Å². The number of hydrogen-bond acceptors (Lipinski definition) is 4. The number of nitrogens with one attached hydrogen (secondary N) is 1. The summed E-state index contributed by atoms with van der Waals surface area (Å²) in [4.78, 5) is 23.9. The zero-order valence-electron chi connectivity index (χ0n) is 13.3. The molecule has 0 aliphatic rings. The molecule has 0 radical (unpaired) electrons. The van der Waals surface area contributed by atoms with E-state index in [-0.39, 0.29) is 12.0 Å². The topological polar surface area (TPSA) is 64.6 Å². The van der Waals surface area contributed by atoms with Gasteiger partial charge >= 0.3 is 5.97 Å². The average molecular weight is 313 g/mol. The summed E-state index contributed by atoms with van der Waals surface area (Å²) in [6, 6.07) is 13.8. The van der Waals surface area contributed by atoms with Gasteiger partial charge in [0.05, 0.1) is 18.8 Å². The van der Waals surface area contributed by atoms with Gasteiger partial charge in [0, 0.05) is 18.4 Å². The van der Waals surface area contributed by atoms with Crippen LogP contribution in [0, 0.1) is 0 Å². The molecule has 5 nitrogen and oxygen atoms in total. The molecule has 1 amide bonds. The zero-order chi connectivity index (χ0) is 16.8. The predicted molar refractivity (Wildman–Crippen MR) is 87.6 cm³/mol. The summed E-state index contributed by atoms with van der Waals surface area (Å²) in [6.45, 7) is 1.93. The summed E-state index contributed by atoms with van der Waals surface area (Å²) in [5, 5.41) is 2.82. The van der Waals surface area contributed by atoms with E-state index in [0.29, 0.717) is 16.8 Å². The van der Waals surface area contributed by atoms with Crippen LogP contribution >= 0.6 is 0 Å². The van der Waals surface area contributed by atoms with E-state index in [9.17, 15) is 9.59 Å². The lowest BCUT2D eigenvalue weighted by molar-refractivity contribution is 0.0600. The maximum absolute atomic E-state index is 12.3. The quantitative estimate of drug-likeness (QED) is 0.859. The minimum Gasteiger partial charge on any atom is -0.465 e. The molecule has 0 bridgehead atoms. The van der Waals surface area contributed by atoms with Crippen molar-refractivity contribution in [2.24, 2.45) is 0 Å². The Kier molecular flexibility index (Phi) is 5.49. The number of methoxy groups -OCH3 is 2. The molecular weight excluding hydrogens is 294 g/mol. The molecule has 0 saturated carbocycles. The van der Waals surface area contributed by atoms with Gasteiger partial charge in [-0.2, -0.15) is 0 Å². The Balaban J connectivity index is 2.18. The molecular formula is C18H19NO4. The van der Waals surface area contributed by atoms with E-state index in [1.54, 1.807) is 31.4 Å². The van der Waals surface area contributed by atoms with Crippen molar-refractivity contribution in [3.8, 4) is 0 Å². The number of carbonyl (C=O) groups is 2. The molecule has 2 aromatic carbocycles. The second-order valence-electron chi connectivity index (χ2n) is 5.03. The minimum atomic E-state index is -0.476. The lowest BCUT2D eigenvalue weighted by Gasteiger charge is -2.12. The van der Waals surface area contributed by atoms with Crippen LogP contribution in [-0.4, -0.2) is 26.1 Å². The molecule has 0 saturated heterocycles. The van der Waals surface area contributed by atoms with Gasteiger partial charge in [-0.3, -0.25) is 4.79 Å². The highest BCUT2D eigenvalue weighted by Crippen LogP contribution is 2.20. The number of carbonyl (C=O) groups excluding carboxylic acids is 2. The number of ether oxygens (including phenoxy) is 2. The molecule has 120 valence electrons. The van der Waals surface area contributed by atoms with Gasteiger partial charge < -0.3 is 14.8 Å². The maximum Gasteiger partial charge on any atom is 0.337 e. The van der Waals surface area contributed by atoms with E-state index in [2.05, 4.69) is 10.1 Å². The third-order valence-corrected chi connectivity index (χ3v) is 3.51. The SMILES string of the molecule is COC(=O)c1cccc(C(=O)Nc2cccc([C@@H](C)OC)c2)c1. The summed E-state index contributed by atoms with van der Waals surface area (Å²) in [7, 11) is 2.94. The van der Waals surface area contributed by atoms with Crippen molar-refractivity contribution in [3.05, 3.63) is 65.2 Å². The number of amides is 1. The molecule has 23 heavy (non-hydrogen) atoms. The van der Waals surface area contributed by atoms with Crippen LogP contribution in [0.2, 0.25) is 0 Å². The third kappa shape index (κ3) is 4.17. The lowest BCUT2D eigenvalue weighted by Crippen LogP contribution is -2.13. The van der Waals surface area contributed by atoms with Gasteiger partial charge in [0.15, 0.2) is 0 Å². The Hall–Kier alpha value is -2.66. The summed E-state index contributed by atoms with van der Waals surface area (Å²) in [5.41, 5.74) is 2.36. The second kappa shape index (κ2) is 7.56. The molecule has 2 rings (SSSR count). The molecule has 1 atom stereocenters. The van der Waals surface area contributed by atoms with Crippen molar-refractivity contribution in [1.29, 1.82) is 0 Å². The molecule has 0 heterocycles. The van der Waals surface area contributed by atoms with Gasteiger partial charge in [0.25, 0.3) is 5.91 Å². The first-order valence-electron chi connectivity index (χ1n) is 7.17. The Labute approximate surface area is 135 Å². The molecule has 0 spiro atoms. The Bertz CT molecular complexity index is 712. The average Bonchev–Trinajstić information content (AvgIpc) is 2.60. The standard InChI is InChI=1S/C18H19NO4/c1-12(22-2)13-6-5-9-16(11-13)19-17(20)14-7-4-8-15(10-14)18(21)23-3/h4-12H,1-3H3,(H,19,20)/t12-/m1/s1. The number of anilines is 1. The van der Waals surface area contributed by atoms with Crippen molar-refractivity contribution in [2.75, 3.05) is 19.5 Å². The van der Waals surface area contributed by atoms with Crippen LogP contribution in [0.15, 0.2) is 48.5 Å². The molecule has 0 aliphatic carbocycles. The van der Waals surface area contributed by atoms with Crippen LogP contribution in [0.25, 0.3) is 0 Å². The summed E-state index contributed by atoms with van der Waals surface area (Å²) >= 11 is 0. The van der Waals surface area contributed by atoms with Gasteiger partial charge in [-0.1, -0.05) is 18.2 Å². The van der Waals surface area contributed by atoms with Crippen molar-refractivity contribution >= 4 is 17.6 Å². The van der Waals surface area contributed by atoms with E-state index in [1.165, 1.54) is 13.2 Å². The van der Waals surface area contributed by atoms with Gasteiger partial charge in [-0.05, 0) is 42.8 Å². The van der Waals surface area contributed by atoms with Gasteiger partial charge in [-0.25, -0.2) is 4.79 Å². The molecule has 5 heteroatoms.